The van der Waals surface area contributed by atoms with E-state index in [9.17, 15) is 17.6 Å². The smallest absolute Gasteiger partial charge is 0.398 e. The fourth-order valence-corrected chi connectivity index (χ4v) is 1.57. The monoisotopic (exact) mass is 305 g/mol. The van der Waals surface area contributed by atoms with Crippen LogP contribution in [0.2, 0.25) is 0 Å². The molecule has 0 fully saturated rings. The van der Waals surface area contributed by atoms with Crippen molar-refractivity contribution < 1.29 is 26.8 Å². The van der Waals surface area contributed by atoms with Gasteiger partial charge in [0, 0.05) is 12.1 Å². The molecule has 1 aromatic heterocycles. The Labute approximate surface area is 116 Å². The van der Waals surface area contributed by atoms with Gasteiger partial charge in [-0.3, -0.25) is 0 Å². The van der Waals surface area contributed by atoms with Crippen LogP contribution in [-0.2, 0) is 11.2 Å². The second kappa shape index (κ2) is 6.08. The molecule has 2 N–H and O–H groups in total. The van der Waals surface area contributed by atoms with E-state index < -0.39 is 18.6 Å². The maximum absolute atomic E-state index is 13.6. The van der Waals surface area contributed by atoms with Gasteiger partial charge in [0.05, 0.1) is 12.2 Å². The second-order valence-corrected chi connectivity index (χ2v) is 4.14. The number of ether oxygens (including phenoxy) is 1. The maximum atomic E-state index is 13.6. The number of hydrogen-bond donors (Lipinski definition) is 1. The van der Waals surface area contributed by atoms with Crippen molar-refractivity contribution in [1.82, 2.24) is 10.1 Å². The van der Waals surface area contributed by atoms with E-state index in [-0.39, 0.29) is 36.0 Å². The van der Waals surface area contributed by atoms with Crippen molar-refractivity contribution in [3.63, 3.8) is 0 Å². The molecule has 1 aromatic carbocycles. The van der Waals surface area contributed by atoms with Crippen LogP contribution in [0.1, 0.15) is 5.82 Å². The molecule has 0 saturated carbocycles. The number of aromatic nitrogens is 2. The number of anilines is 1. The van der Waals surface area contributed by atoms with Gasteiger partial charge in [0.1, 0.15) is 12.4 Å². The average molecular weight is 305 g/mol. The highest BCUT2D eigenvalue weighted by atomic mass is 19.4. The average Bonchev–Trinajstić information content (AvgIpc) is 2.82. The lowest BCUT2D eigenvalue weighted by molar-refractivity contribution is -0.173. The summed E-state index contributed by atoms with van der Waals surface area (Å²) in [7, 11) is 0. The van der Waals surface area contributed by atoms with E-state index in [0.717, 1.165) is 0 Å². The first-order valence-corrected chi connectivity index (χ1v) is 5.88. The lowest BCUT2D eigenvalue weighted by Crippen LogP contribution is -2.18. The molecule has 0 unspecified atom stereocenters. The minimum atomic E-state index is -4.38. The lowest BCUT2D eigenvalue weighted by atomic mass is 10.1. The van der Waals surface area contributed by atoms with Gasteiger partial charge in [0.2, 0.25) is 0 Å². The summed E-state index contributed by atoms with van der Waals surface area (Å²) in [6.45, 7) is -1.58. The molecular formula is C12H11F4N3O2. The summed E-state index contributed by atoms with van der Waals surface area (Å²) in [4.78, 5) is 3.88. The Balaban J connectivity index is 1.99. The van der Waals surface area contributed by atoms with Gasteiger partial charge in [-0.1, -0.05) is 11.2 Å². The Hall–Kier alpha value is -2.16. The van der Waals surface area contributed by atoms with E-state index in [1.165, 1.54) is 18.2 Å². The van der Waals surface area contributed by atoms with E-state index in [1.54, 1.807) is 0 Å². The number of nitrogens with two attached hydrogens (primary N) is 1. The zero-order chi connectivity index (χ0) is 15.5. The Kier molecular flexibility index (Phi) is 4.41. The molecular weight excluding hydrogens is 294 g/mol. The standard InChI is InChI=1S/C12H11F4N3O2/c13-7-2-1-3-8(17)10(7)11-18-9(19-21-11)4-5-20-6-12(14,15)16/h1-3H,4-6,17H2. The van der Waals surface area contributed by atoms with Crippen molar-refractivity contribution in [3.05, 3.63) is 29.8 Å². The van der Waals surface area contributed by atoms with E-state index in [2.05, 4.69) is 14.9 Å². The molecule has 0 saturated heterocycles. The maximum Gasteiger partial charge on any atom is 0.411 e. The zero-order valence-corrected chi connectivity index (χ0v) is 10.7. The Morgan fingerprint density at radius 1 is 1.29 bits per heavy atom. The van der Waals surface area contributed by atoms with E-state index in [1.807, 2.05) is 0 Å². The van der Waals surface area contributed by atoms with E-state index >= 15 is 0 Å². The quantitative estimate of drug-likeness (QED) is 0.522. The number of halogens is 4. The van der Waals surface area contributed by atoms with Crippen molar-refractivity contribution in [2.24, 2.45) is 0 Å². The first kappa shape index (κ1) is 15.2. The minimum Gasteiger partial charge on any atom is -0.398 e. The summed E-state index contributed by atoms with van der Waals surface area (Å²) in [6, 6.07) is 4.08. The molecule has 0 amide bonds. The molecule has 21 heavy (non-hydrogen) atoms. The van der Waals surface area contributed by atoms with Gasteiger partial charge in [0.25, 0.3) is 5.89 Å². The van der Waals surface area contributed by atoms with E-state index in [0.29, 0.717) is 0 Å². The van der Waals surface area contributed by atoms with Crippen LogP contribution in [0.3, 0.4) is 0 Å². The summed E-state index contributed by atoms with van der Waals surface area (Å²) < 4.78 is 58.5. The third kappa shape index (κ3) is 4.15. The summed E-state index contributed by atoms with van der Waals surface area (Å²) in [5.74, 6) is -0.648. The lowest BCUT2D eigenvalue weighted by Gasteiger charge is -2.05. The molecule has 0 spiro atoms. The Bertz CT molecular complexity index is 593. The van der Waals surface area contributed by atoms with Gasteiger partial charge < -0.3 is 15.0 Å². The predicted molar refractivity (Wildman–Crippen MR) is 64.7 cm³/mol. The number of nitrogen functional groups attached to an aromatic ring is 1. The van der Waals surface area contributed by atoms with Crippen molar-refractivity contribution in [2.75, 3.05) is 18.9 Å². The van der Waals surface area contributed by atoms with Crippen molar-refractivity contribution in [3.8, 4) is 11.5 Å². The topological polar surface area (TPSA) is 74.2 Å². The largest absolute Gasteiger partial charge is 0.411 e. The molecule has 5 nitrogen and oxygen atoms in total. The van der Waals surface area contributed by atoms with Crippen LogP contribution in [0.5, 0.6) is 0 Å². The third-order valence-corrected chi connectivity index (χ3v) is 2.46. The van der Waals surface area contributed by atoms with Crippen molar-refractivity contribution in [1.29, 1.82) is 0 Å². The van der Waals surface area contributed by atoms with Crippen molar-refractivity contribution >= 4 is 5.69 Å². The SMILES string of the molecule is Nc1cccc(F)c1-c1nc(CCOCC(F)(F)F)no1. The molecule has 0 aliphatic rings. The fourth-order valence-electron chi connectivity index (χ4n) is 1.57. The van der Waals surface area contributed by atoms with E-state index in [4.69, 9.17) is 10.3 Å². The van der Waals surface area contributed by atoms with Crippen LogP contribution in [0.15, 0.2) is 22.7 Å². The molecule has 1 heterocycles. The Morgan fingerprint density at radius 2 is 2.05 bits per heavy atom. The van der Waals surface area contributed by atoms with Gasteiger partial charge in [-0.2, -0.15) is 18.2 Å². The molecule has 2 rings (SSSR count). The highest BCUT2D eigenvalue weighted by Gasteiger charge is 2.27. The first-order chi connectivity index (χ1) is 9.87. The summed E-state index contributed by atoms with van der Waals surface area (Å²) in [5.41, 5.74) is 5.70. The highest BCUT2D eigenvalue weighted by Crippen LogP contribution is 2.27. The Morgan fingerprint density at radius 3 is 2.71 bits per heavy atom. The fraction of sp³-hybridized carbons (Fsp3) is 0.333. The molecule has 114 valence electrons. The van der Waals surface area contributed by atoms with Crippen LogP contribution in [-0.4, -0.2) is 29.5 Å². The van der Waals surface area contributed by atoms with Crippen LogP contribution in [0.25, 0.3) is 11.5 Å². The summed E-state index contributed by atoms with van der Waals surface area (Å²) in [5, 5.41) is 3.54. The minimum absolute atomic E-state index is 0.00787. The molecule has 0 atom stereocenters. The van der Waals surface area contributed by atoms with Gasteiger partial charge in [-0.15, -0.1) is 0 Å². The van der Waals surface area contributed by atoms with Crippen molar-refractivity contribution in [2.45, 2.75) is 12.6 Å². The number of rotatable bonds is 5. The second-order valence-electron chi connectivity index (χ2n) is 4.14. The van der Waals surface area contributed by atoms with Gasteiger partial charge in [-0.25, -0.2) is 4.39 Å². The molecule has 0 aliphatic carbocycles. The molecule has 9 heteroatoms. The van der Waals surface area contributed by atoms with Crippen LogP contribution in [0, 0.1) is 5.82 Å². The summed E-state index contributed by atoms with van der Waals surface area (Å²) in [6.07, 6.45) is -4.38. The zero-order valence-electron chi connectivity index (χ0n) is 10.7. The van der Waals surface area contributed by atoms with Crippen LogP contribution >= 0.6 is 0 Å². The number of hydrogen-bond acceptors (Lipinski definition) is 5. The predicted octanol–water partition coefficient (Wildman–Crippen LogP) is 2.58. The van der Waals surface area contributed by atoms with Gasteiger partial charge in [0.15, 0.2) is 5.82 Å². The normalized spacial score (nSPS) is 11.8. The van der Waals surface area contributed by atoms with Crippen LogP contribution < -0.4 is 5.73 Å². The molecule has 2 aromatic rings. The van der Waals surface area contributed by atoms with Crippen LogP contribution in [0.4, 0.5) is 23.2 Å². The summed E-state index contributed by atoms with van der Waals surface area (Å²) >= 11 is 0. The third-order valence-electron chi connectivity index (χ3n) is 2.46. The highest BCUT2D eigenvalue weighted by molar-refractivity contribution is 5.70. The number of alkyl halides is 3. The molecule has 0 radical (unpaired) electrons. The number of benzene rings is 1. The molecule has 0 aliphatic heterocycles. The van der Waals surface area contributed by atoms with Gasteiger partial charge in [-0.05, 0) is 12.1 Å². The molecule has 0 bridgehead atoms. The first-order valence-electron chi connectivity index (χ1n) is 5.88. The van der Waals surface area contributed by atoms with Gasteiger partial charge >= 0.3 is 6.18 Å². The number of nitrogens with zero attached hydrogens (tertiary/aromatic N) is 2.